The van der Waals surface area contributed by atoms with E-state index < -0.39 is 11.7 Å². The molecule has 0 bridgehead atoms. The number of carbonyl (C=O) groups is 1. The van der Waals surface area contributed by atoms with Crippen LogP contribution in [0, 0.1) is 11.3 Å². The van der Waals surface area contributed by atoms with Crippen molar-refractivity contribution >= 4 is 11.8 Å². The Morgan fingerprint density at radius 2 is 1.84 bits per heavy atom. The van der Waals surface area contributed by atoms with Gasteiger partial charge in [0, 0.05) is 6.04 Å². The van der Waals surface area contributed by atoms with Crippen molar-refractivity contribution in [3.63, 3.8) is 0 Å². The van der Waals surface area contributed by atoms with Crippen molar-refractivity contribution in [3.05, 3.63) is 23.8 Å². The van der Waals surface area contributed by atoms with Crippen LogP contribution in [0.3, 0.4) is 0 Å². The van der Waals surface area contributed by atoms with Gasteiger partial charge in [-0.25, -0.2) is 4.79 Å². The van der Waals surface area contributed by atoms with Crippen LogP contribution >= 0.6 is 0 Å². The lowest BCUT2D eigenvalue weighted by Gasteiger charge is -2.32. The van der Waals surface area contributed by atoms with Gasteiger partial charge in [0.05, 0.1) is 5.69 Å². The Labute approximate surface area is 151 Å². The molecule has 142 valence electrons. The molecule has 0 fully saturated rings. The van der Waals surface area contributed by atoms with Crippen LogP contribution in [0.1, 0.15) is 60.5 Å². The number of nitrogen functional groups attached to an aromatic ring is 1. The fraction of sp³-hybridized carbons (Fsp3) is 0.650. The third kappa shape index (κ3) is 7.67. The molecule has 0 saturated heterocycles. The lowest BCUT2D eigenvalue weighted by Crippen LogP contribution is -2.42. The fourth-order valence-electron chi connectivity index (χ4n) is 2.46. The van der Waals surface area contributed by atoms with Crippen LogP contribution < -0.4 is 11.1 Å². The number of hydrogen-bond acceptors (Lipinski definition) is 4. The number of anilines is 1. The van der Waals surface area contributed by atoms with Gasteiger partial charge in [0.1, 0.15) is 11.4 Å². The zero-order valence-corrected chi connectivity index (χ0v) is 16.6. The van der Waals surface area contributed by atoms with Crippen LogP contribution in [-0.4, -0.2) is 22.8 Å². The molecule has 0 radical (unpaired) electrons. The molecule has 25 heavy (non-hydrogen) atoms. The zero-order chi connectivity index (χ0) is 19.4. The van der Waals surface area contributed by atoms with Crippen LogP contribution in [-0.2, 0) is 11.2 Å². The third-order valence-corrected chi connectivity index (χ3v) is 4.41. The Bertz CT molecular complexity index is 586. The second kappa shape index (κ2) is 7.98. The first-order valence-corrected chi connectivity index (χ1v) is 8.85. The van der Waals surface area contributed by atoms with Crippen molar-refractivity contribution in [1.29, 1.82) is 0 Å². The first-order valence-electron chi connectivity index (χ1n) is 8.85. The Morgan fingerprint density at radius 1 is 1.24 bits per heavy atom. The molecule has 2 atom stereocenters. The summed E-state index contributed by atoms with van der Waals surface area (Å²) in [6.07, 6.45) is 1.04. The van der Waals surface area contributed by atoms with Gasteiger partial charge < -0.3 is 20.9 Å². The van der Waals surface area contributed by atoms with Crippen LogP contribution in [0.5, 0.6) is 5.75 Å². The second-order valence-electron chi connectivity index (χ2n) is 8.94. The molecule has 0 aliphatic heterocycles. The second-order valence-corrected chi connectivity index (χ2v) is 8.94. The molecule has 5 nitrogen and oxygen atoms in total. The van der Waals surface area contributed by atoms with Gasteiger partial charge in [-0.1, -0.05) is 33.8 Å². The summed E-state index contributed by atoms with van der Waals surface area (Å²) in [4.78, 5) is 12.2. The molecular weight excluding hydrogens is 316 g/mol. The van der Waals surface area contributed by atoms with Crippen LogP contribution in [0.15, 0.2) is 18.2 Å². The average Bonchev–Trinajstić information content (AvgIpc) is 2.39. The van der Waals surface area contributed by atoms with Gasteiger partial charge in [-0.15, -0.1) is 0 Å². The topological polar surface area (TPSA) is 84.6 Å². The number of carbonyl (C=O) groups excluding carboxylic acids is 1. The van der Waals surface area contributed by atoms with Gasteiger partial charge >= 0.3 is 6.09 Å². The number of nitrogens with two attached hydrogens (primary N) is 1. The molecule has 1 rings (SSSR count). The van der Waals surface area contributed by atoms with Crippen LogP contribution in [0.4, 0.5) is 10.5 Å². The third-order valence-electron chi connectivity index (χ3n) is 4.41. The standard InChI is InChI=1S/C20H34N2O3/c1-13(19(2,3)4)10-15(22-18(24)25-20(5,6)7)11-14-8-9-17(23)16(21)12-14/h8-9,12-13,15,23H,10-11,21H2,1-7H3,(H,22,24)/t13?,15-/m1/s1. The summed E-state index contributed by atoms with van der Waals surface area (Å²) < 4.78 is 5.40. The van der Waals surface area contributed by atoms with E-state index >= 15 is 0 Å². The summed E-state index contributed by atoms with van der Waals surface area (Å²) in [5.74, 6) is 0.477. The summed E-state index contributed by atoms with van der Waals surface area (Å²) >= 11 is 0. The normalized spacial score (nSPS) is 14.7. The van der Waals surface area contributed by atoms with Crippen molar-refractivity contribution in [2.45, 2.75) is 73.0 Å². The van der Waals surface area contributed by atoms with Crippen molar-refractivity contribution in [2.24, 2.45) is 11.3 Å². The highest BCUT2D eigenvalue weighted by Crippen LogP contribution is 2.30. The van der Waals surface area contributed by atoms with Gasteiger partial charge in [-0.3, -0.25) is 0 Å². The molecule has 5 heteroatoms. The summed E-state index contributed by atoms with van der Waals surface area (Å²) in [5.41, 5.74) is 6.71. The number of phenols is 1. The molecule has 0 heterocycles. The fourth-order valence-corrected chi connectivity index (χ4v) is 2.46. The summed E-state index contributed by atoms with van der Waals surface area (Å²) in [5, 5.41) is 12.6. The number of alkyl carbamates (subject to hydrolysis) is 1. The predicted octanol–water partition coefficient (Wildman–Crippen LogP) is 4.48. The summed E-state index contributed by atoms with van der Waals surface area (Å²) in [6, 6.07) is 5.09. The Kier molecular flexibility index (Phi) is 6.75. The SMILES string of the molecule is CC(C[C@H](Cc1ccc(O)c(N)c1)NC(=O)OC(C)(C)C)C(C)(C)C. The Balaban J connectivity index is 2.90. The van der Waals surface area contributed by atoms with E-state index in [0.717, 1.165) is 12.0 Å². The minimum absolute atomic E-state index is 0.0726. The lowest BCUT2D eigenvalue weighted by atomic mass is 9.78. The predicted molar refractivity (Wildman–Crippen MR) is 103 cm³/mol. The summed E-state index contributed by atoms with van der Waals surface area (Å²) in [7, 11) is 0. The molecular formula is C20H34N2O3. The Morgan fingerprint density at radius 3 is 2.32 bits per heavy atom. The van der Waals surface area contributed by atoms with E-state index in [0.29, 0.717) is 18.0 Å². The number of amides is 1. The molecule has 0 aromatic heterocycles. The van der Waals surface area contributed by atoms with E-state index in [1.54, 1.807) is 12.1 Å². The number of benzene rings is 1. The molecule has 1 unspecified atom stereocenters. The minimum atomic E-state index is -0.534. The smallest absolute Gasteiger partial charge is 0.407 e. The largest absolute Gasteiger partial charge is 0.506 e. The van der Waals surface area contributed by atoms with E-state index in [4.69, 9.17) is 10.5 Å². The highest BCUT2D eigenvalue weighted by Gasteiger charge is 2.26. The molecule has 4 N–H and O–H groups in total. The number of ether oxygens (including phenoxy) is 1. The molecule has 0 aliphatic carbocycles. The van der Waals surface area contributed by atoms with Gasteiger partial charge in [0.2, 0.25) is 0 Å². The number of nitrogens with one attached hydrogen (secondary N) is 1. The maximum absolute atomic E-state index is 12.2. The number of rotatable bonds is 5. The molecule has 0 spiro atoms. The highest BCUT2D eigenvalue weighted by molar-refractivity contribution is 5.68. The van der Waals surface area contributed by atoms with Gasteiger partial charge in [0.15, 0.2) is 0 Å². The zero-order valence-electron chi connectivity index (χ0n) is 16.6. The first-order chi connectivity index (χ1) is 11.3. The van der Waals surface area contributed by atoms with Crippen molar-refractivity contribution < 1.29 is 14.6 Å². The monoisotopic (exact) mass is 350 g/mol. The van der Waals surface area contributed by atoms with Crippen LogP contribution in [0.25, 0.3) is 0 Å². The molecule has 1 amide bonds. The number of aromatic hydroxyl groups is 1. The van der Waals surface area contributed by atoms with Crippen molar-refractivity contribution in [3.8, 4) is 5.75 Å². The molecule has 1 aromatic carbocycles. The van der Waals surface area contributed by atoms with Crippen molar-refractivity contribution in [2.75, 3.05) is 5.73 Å². The van der Waals surface area contributed by atoms with Gasteiger partial charge in [-0.2, -0.15) is 0 Å². The van der Waals surface area contributed by atoms with E-state index in [2.05, 4.69) is 33.0 Å². The van der Waals surface area contributed by atoms with E-state index in [1.165, 1.54) is 0 Å². The first kappa shape index (κ1) is 21.1. The molecule has 0 aliphatic rings. The van der Waals surface area contributed by atoms with Crippen LogP contribution in [0.2, 0.25) is 0 Å². The number of phenolic OH excluding ortho intramolecular Hbond substituents is 1. The number of hydrogen-bond donors (Lipinski definition) is 3. The van der Waals surface area contributed by atoms with E-state index in [9.17, 15) is 9.90 Å². The van der Waals surface area contributed by atoms with E-state index in [-0.39, 0.29) is 17.2 Å². The maximum Gasteiger partial charge on any atom is 0.407 e. The highest BCUT2D eigenvalue weighted by atomic mass is 16.6. The summed E-state index contributed by atoms with van der Waals surface area (Å²) in [6.45, 7) is 14.3. The average molecular weight is 351 g/mol. The van der Waals surface area contributed by atoms with Gasteiger partial charge in [-0.05, 0) is 62.6 Å². The van der Waals surface area contributed by atoms with Crippen molar-refractivity contribution in [1.82, 2.24) is 5.32 Å². The Hall–Kier alpha value is -1.91. The van der Waals surface area contributed by atoms with E-state index in [1.807, 2.05) is 26.8 Å². The maximum atomic E-state index is 12.2. The quantitative estimate of drug-likeness (QED) is 0.540. The molecule has 1 aromatic rings. The minimum Gasteiger partial charge on any atom is -0.506 e. The van der Waals surface area contributed by atoms with Gasteiger partial charge in [0.25, 0.3) is 0 Å². The molecule has 0 saturated carbocycles. The lowest BCUT2D eigenvalue weighted by molar-refractivity contribution is 0.0490.